The Bertz CT molecular complexity index is 815. The van der Waals surface area contributed by atoms with Crippen LogP contribution >= 0.6 is 0 Å². The minimum absolute atomic E-state index is 0.0665. The second-order valence-electron chi connectivity index (χ2n) is 6.41. The van der Waals surface area contributed by atoms with Gasteiger partial charge in [0.15, 0.2) is 6.61 Å². The Kier molecular flexibility index (Phi) is 4.18. The Labute approximate surface area is 140 Å². The van der Waals surface area contributed by atoms with Crippen LogP contribution in [-0.4, -0.2) is 28.0 Å². The van der Waals surface area contributed by atoms with E-state index in [0.29, 0.717) is 11.6 Å². The second kappa shape index (κ2) is 6.15. The molecular weight excluding hydrogens is 306 g/mol. The Morgan fingerprint density at radius 3 is 2.50 bits per heavy atom. The van der Waals surface area contributed by atoms with Crippen LogP contribution in [0, 0.1) is 20.8 Å². The van der Waals surface area contributed by atoms with E-state index >= 15 is 0 Å². The van der Waals surface area contributed by atoms with Crippen LogP contribution in [0.25, 0.3) is 0 Å². The van der Waals surface area contributed by atoms with Gasteiger partial charge in [-0.05, 0) is 57.4 Å². The van der Waals surface area contributed by atoms with E-state index in [4.69, 9.17) is 4.74 Å². The molecule has 0 bridgehead atoms. The molecule has 3 rings (SSSR count). The number of phenolic OH excluding ortho intramolecular Hbond substituents is 1. The number of carbonyl (C=O) groups excluding carboxylic acids is 2. The van der Waals surface area contributed by atoms with Crippen LogP contribution < -0.4 is 0 Å². The summed E-state index contributed by atoms with van der Waals surface area (Å²) in [6, 6.07) is 7.05. The highest BCUT2D eigenvalue weighted by Gasteiger charge is 2.28. The topological polar surface area (TPSA) is 68.5 Å². The minimum Gasteiger partial charge on any atom is -0.507 e. The number of benzene rings is 1. The summed E-state index contributed by atoms with van der Waals surface area (Å²) < 4.78 is 7.27. The first-order valence-electron chi connectivity index (χ1n) is 8.07. The number of rotatable bonds is 5. The average molecular weight is 327 g/mol. The predicted molar refractivity (Wildman–Crippen MR) is 89.6 cm³/mol. The molecule has 0 atom stereocenters. The average Bonchev–Trinajstić information content (AvgIpc) is 3.30. The lowest BCUT2D eigenvalue weighted by molar-refractivity contribution is 0.0471. The molecule has 0 saturated heterocycles. The van der Waals surface area contributed by atoms with Crippen LogP contribution in [-0.2, 0) is 4.74 Å². The zero-order valence-electron chi connectivity index (χ0n) is 14.1. The van der Waals surface area contributed by atoms with Crippen LogP contribution in [0.1, 0.15) is 56.6 Å². The zero-order chi connectivity index (χ0) is 17.4. The number of phenols is 1. The van der Waals surface area contributed by atoms with Crippen molar-refractivity contribution in [2.24, 2.45) is 0 Å². The van der Waals surface area contributed by atoms with Gasteiger partial charge in [-0.25, -0.2) is 4.79 Å². The highest BCUT2D eigenvalue weighted by Crippen LogP contribution is 2.38. The van der Waals surface area contributed by atoms with E-state index in [1.165, 1.54) is 12.1 Å². The molecule has 1 aliphatic carbocycles. The third-order valence-corrected chi connectivity index (χ3v) is 4.40. The fraction of sp³-hybridized carbons (Fsp3) is 0.368. The molecule has 0 unspecified atom stereocenters. The summed E-state index contributed by atoms with van der Waals surface area (Å²) in [5.41, 5.74) is 3.49. The lowest BCUT2D eigenvalue weighted by atomic mass is 10.1. The number of hydrogen-bond donors (Lipinski definition) is 1. The number of esters is 1. The van der Waals surface area contributed by atoms with Gasteiger partial charge in [0, 0.05) is 23.0 Å². The lowest BCUT2D eigenvalue weighted by Gasteiger charge is -2.08. The van der Waals surface area contributed by atoms with Crippen molar-refractivity contribution in [3.63, 3.8) is 0 Å². The molecule has 1 aromatic heterocycles. The third kappa shape index (κ3) is 3.07. The number of aryl methyl sites for hydroxylation is 2. The van der Waals surface area contributed by atoms with Gasteiger partial charge >= 0.3 is 5.97 Å². The monoisotopic (exact) mass is 327 g/mol. The molecule has 1 heterocycles. The molecule has 0 spiro atoms. The number of hydrogen-bond acceptors (Lipinski definition) is 4. The van der Waals surface area contributed by atoms with E-state index in [1.807, 2.05) is 26.8 Å². The number of aromatic hydroxyl groups is 1. The summed E-state index contributed by atoms with van der Waals surface area (Å²) in [5.74, 6) is -1.06. The van der Waals surface area contributed by atoms with Crippen molar-refractivity contribution in [1.82, 2.24) is 4.57 Å². The van der Waals surface area contributed by atoms with Crippen molar-refractivity contribution >= 4 is 11.8 Å². The van der Waals surface area contributed by atoms with Gasteiger partial charge in [-0.15, -0.1) is 0 Å². The summed E-state index contributed by atoms with van der Waals surface area (Å²) in [6.07, 6.45) is 2.29. The molecule has 5 nitrogen and oxygen atoms in total. The summed E-state index contributed by atoms with van der Waals surface area (Å²) in [4.78, 5) is 24.4. The quantitative estimate of drug-likeness (QED) is 0.674. The fourth-order valence-electron chi connectivity index (χ4n) is 3.05. The van der Waals surface area contributed by atoms with Gasteiger partial charge in [0.05, 0.1) is 0 Å². The summed E-state index contributed by atoms with van der Waals surface area (Å²) in [6.45, 7) is 5.39. The van der Waals surface area contributed by atoms with E-state index in [-0.39, 0.29) is 23.7 Å². The van der Waals surface area contributed by atoms with Gasteiger partial charge in [-0.2, -0.15) is 0 Å². The molecule has 2 aromatic rings. The van der Waals surface area contributed by atoms with Gasteiger partial charge in [0.1, 0.15) is 11.3 Å². The van der Waals surface area contributed by atoms with E-state index in [9.17, 15) is 14.7 Å². The zero-order valence-corrected chi connectivity index (χ0v) is 14.1. The molecule has 0 aliphatic heterocycles. The highest BCUT2D eigenvalue weighted by atomic mass is 16.5. The van der Waals surface area contributed by atoms with Crippen LogP contribution in [0.4, 0.5) is 0 Å². The molecule has 1 aliphatic rings. The summed E-state index contributed by atoms with van der Waals surface area (Å²) in [7, 11) is 0. The summed E-state index contributed by atoms with van der Waals surface area (Å²) >= 11 is 0. The Hall–Kier alpha value is -2.56. The van der Waals surface area contributed by atoms with Crippen LogP contribution in [0.2, 0.25) is 0 Å². The number of nitrogens with zero attached hydrogens (tertiary/aromatic N) is 1. The fourth-order valence-corrected chi connectivity index (χ4v) is 3.05. The van der Waals surface area contributed by atoms with Crippen molar-refractivity contribution in [2.75, 3.05) is 6.61 Å². The Balaban J connectivity index is 1.69. The molecule has 1 fully saturated rings. The molecule has 1 saturated carbocycles. The minimum atomic E-state index is -0.697. The molecule has 0 radical (unpaired) electrons. The van der Waals surface area contributed by atoms with Gasteiger partial charge in [0.2, 0.25) is 5.78 Å². The maximum absolute atomic E-state index is 12.4. The number of ketones is 1. The number of aromatic nitrogens is 1. The summed E-state index contributed by atoms with van der Waals surface area (Å²) in [5, 5.41) is 9.81. The SMILES string of the molecule is Cc1ccc(C(=O)OCC(=O)c2cc(C)n(C3CC3)c2C)c(O)c1. The molecule has 1 N–H and O–H groups in total. The van der Waals surface area contributed by atoms with Crippen molar-refractivity contribution in [2.45, 2.75) is 39.7 Å². The van der Waals surface area contributed by atoms with E-state index in [0.717, 1.165) is 29.8 Å². The number of ether oxygens (including phenoxy) is 1. The lowest BCUT2D eigenvalue weighted by Crippen LogP contribution is -2.15. The van der Waals surface area contributed by atoms with Crippen molar-refractivity contribution in [1.29, 1.82) is 0 Å². The maximum Gasteiger partial charge on any atom is 0.342 e. The van der Waals surface area contributed by atoms with E-state index in [2.05, 4.69) is 4.57 Å². The maximum atomic E-state index is 12.4. The van der Waals surface area contributed by atoms with Crippen molar-refractivity contribution in [3.05, 3.63) is 52.3 Å². The largest absolute Gasteiger partial charge is 0.507 e. The highest BCUT2D eigenvalue weighted by molar-refractivity contribution is 6.01. The first-order chi connectivity index (χ1) is 11.4. The normalized spacial score (nSPS) is 13.8. The first-order valence-corrected chi connectivity index (χ1v) is 8.07. The van der Waals surface area contributed by atoms with Crippen molar-refractivity contribution in [3.8, 4) is 5.75 Å². The standard InChI is InChI=1S/C19H21NO4/c1-11-4-7-15(17(21)8-11)19(23)24-10-18(22)16-9-12(2)20(13(16)3)14-5-6-14/h4,7-9,14,21H,5-6,10H2,1-3H3. The number of Topliss-reactive ketones (excluding diaryl/α,β-unsaturated/α-hetero) is 1. The van der Waals surface area contributed by atoms with Gasteiger partial charge in [0.25, 0.3) is 0 Å². The Morgan fingerprint density at radius 2 is 1.88 bits per heavy atom. The second-order valence-corrected chi connectivity index (χ2v) is 6.41. The van der Waals surface area contributed by atoms with Crippen LogP contribution in [0.15, 0.2) is 24.3 Å². The third-order valence-electron chi connectivity index (χ3n) is 4.40. The molecule has 126 valence electrons. The number of carbonyl (C=O) groups is 2. The predicted octanol–water partition coefficient (Wildman–Crippen LogP) is 3.49. The molecular formula is C19H21NO4. The molecule has 1 aromatic carbocycles. The molecule has 5 heteroatoms. The van der Waals surface area contributed by atoms with E-state index in [1.54, 1.807) is 6.07 Å². The van der Waals surface area contributed by atoms with Gasteiger partial charge < -0.3 is 14.4 Å². The van der Waals surface area contributed by atoms with Gasteiger partial charge in [-0.3, -0.25) is 4.79 Å². The smallest absolute Gasteiger partial charge is 0.342 e. The van der Waals surface area contributed by atoms with Crippen LogP contribution in [0.5, 0.6) is 5.75 Å². The Morgan fingerprint density at radius 1 is 1.17 bits per heavy atom. The first kappa shape index (κ1) is 16.3. The molecule has 0 amide bonds. The molecule has 24 heavy (non-hydrogen) atoms. The van der Waals surface area contributed by atoms with E-state index < -0.39 is 5.97 Å². The van der Waals surface area contributed by atoms with Crippen LogP contribution in [0.3, 0.4) is 0 Å². The van der Waals surface area contributed by atoms with Crippen molar-refractivity contribution < 1.29 is 19.4 Å². The van der Waals surface area contributed by atoms with Gasteiger partial charge in [-0.1, -0.05) is 6.07 Å².